The zero-order valence-corrected chi connectivity index (χ0v) is 14.1. The highest BCUT2D eigenvalue weighted by Gasteiger charge is 2.29. The van der Waals surface area contributed by atoms with Crippen molar-refractivity contribution in [2.45, 2.75) is 51.6 Å². The SMILES string of the molecule is CCCC(CCC)C(O)C(CN)c1cc(Cl)ccc1OC. The van der Waals surface area contributed by atoms with Crippen molar-refractivity contribution in [3.05, 3.63) is 28.8 Å². The number of ether oxygens (including phenoxy) is 1. The number of nitrogens with two attached hydrogens (primary N) is 1. The molecule has 1 aromatic carbocycles. The number of hydrogen-bond acceptors (Lipinski definition) is 3. The van der Waals surface area contributed by atoms with Gasteiger partial charge < -0.3 is 15.6 Å². The average molecular weight is 314 g/mol. The third-order valence-electron chi connectivity index (χ3n) is 4.06. The first-order valence-corrected chi connectivity index (χ1v) is 8.18. The van der Waals surface area contributed by atoms with Crippen LogP contribution in [-0.4, -0.2) is 24.9 Å². The maximum atomic E-state index is 10.8. The minimum Gasteiger partial charge on any atom is -0.496 e. The van der Waals surface area contributed by atoms with Crippen molar-refractivity contribution in [3.63, 3.8) is 0 Å². The molecule has 0 aromatic heterocycles. The summed E-state index contributed by atoms with van der Waals surface area (Å²) in [4.78, 5) is 0. The van der Waals surface area contributed by atoms with Gasteiger partial charge in [0.05, 0.1) is 13.2 Å². The van der Waals surface area contributed by atoms with E-state index in [2.05, 4.69) is 13.8 Å². The van der Waals surface area contributed by atoms with Crippen molar-refractivity contribution in [3.8, 4) is 5.75 Å². The van der Waals surface area contributed by atoms with Gasteiger partial charge in [-0.25, -0.2) is 0 Å². The number of halogens is 1. The van der Waals surface area contributed by atoms with E-state index in [9.17, 15) is 5.11 Å². The third-order valence-corrected chi connectivity index (χ3v) is 4.29. The smallest absolute Gasteiger partial charge is 0.122 e. The Morgan fingerprint density at radius 3 is 2.33 bits per heavy atom. The van der Waals surface area contributed by atoms with E-state index in [1.165, 1.54) is 0 Å². The van der Waals surface area contributed by atoms with E-state index in [-0.39, 0.29) is 11.8 Å². The van der Waals surface area contributed by atoms with Crippen LogP contribution in [0.25, 0.3) is 0 Å². The molecule has 4 heteroatoms. The summed E-state index contributed by atoms with van der Waals surface area (Å²) in [6, 6.07) is 5.48. The van der Waals surface area contributed by atoms with E-state index in [4.69, 9.17) is 22.1 Å². The van der Waals surface area contributed by atoms with Crippen molar-refractivity contribution < 1.29 is 9.84 Å². The van der Waals surface area contributed by atoms with Crippen LogP contribution in [0, 0.1) is 5.92 Å². The molecule has 2 atom stereocenters. The largest absolute Gasteiger partial charge is 0.496 e. The molecule has 2 unspecified atom stereocenters. The molecule has 0 aliphatic carbocycles. The van der Waals surface area contributed by atoms with E-state index >= 15 is 0 Å². The molecule has 0 radical (unpaired) electrons. The molecular weight excluding hydrogens is 286 g/mol. The van der Waals surface area contributed by atoms with Gasteiger partial charge in [-0.05, 0) is 37.0 Å². The van der Waals surface area contributed by atoms with Gasteiger partial charge in [0.2, 0.25) is 0 Å². The quantitative estimate of drug-likeness (QED) is 0.725. The highest BCUT2D eigenvalue weighted by Crippen LogP contribution is 2.35. The lowest BCUT2D eigenvalue weighted by Crippen LogP contribution is -2.32. The summed E-state index contributed by atoms with van der Waals surface area (Å²) >= 11 is 6.10. The molecule has 0 saturated heterocycles. The van der Waals surface area contributed by atoms with Crippen molar-refractivity contribution in [1.29, 1.82) is 0 Å². The van der Waals surface area contributed by atoms with Crippen molar-refractivity contribution >= 4 is 11.6 Å². The minimum absolute atomic E-state index is 0.151. The molecular formula is C17H28ClNO2. The normalized spacial score (nSPS) is 14.2. The van der Waals surface area contributed by atoms with Crippen LogP contribution in [0.1, 0.15) is 51.0 Å². The molecule has 0 saturated carbocycles. The number of aliphatic hydroxyl groups excluding tert-OH is 1. The van der Waals surface area contributed by atoms with E-state index in [1.807, 2.05) is 12.1 Å². The molecule has 1 rings (SSSR count). The maximum absolute atomic E-state index is 10.8. The molecule has 3 N–H and O–H groups in total. The highest BCUT2D eigenvalue weighted by atomic mass is 35.5. The fraction of sp³-hybridized carbons (Fsp3) is 0.647. The summed E-state index contributed by atoms with van der Waals surface area (Å²) in [5.41, 5.74) is 6.85. The maximum Gasteiger partial charge on any atom is 0.122 e. The number of rotatable bonds is 9. The van der Waals surface area contributed by atoms with Crippen LogP contribution in [0.15, 0.2) is 18.2 Å². The molecule has 0 aliphatic heterocycles. The summed E-state index contributed by atoms with van der Waals surface area (Å²) in [6.45, 7) is 4.67. The summed E-state index contributed by atoms with van der Waals surface area (Å²) in [5.74, 6) is 0.847. The Bertz CT molecular complexity index is 419. The van der Waals surface area contributed by atoms with Crippen molar-refractivity contribution in [2.75, 3.05) is 13.7 Å². The highest BCUT2D eigenvalue weighted by molar-refractivity contribution is 6.30. The summed E-state index contributed by atoms with van der Waals surface area (Å²) in [5, 5.41) is 11.5. The van der Waals surface area contributed by atoms with Gasteiger partial charge in [0.1, 0.15) is 5.75 Å². The lowest BCUT2D eigenvalue weighted by atomic mass is 9.81. The summed E-state index contributed by atoms with van der Waals surface area (Å²) < 4.78 is 5.41. The van der Waals surface area contributed by atoms with Gasteiger partial charge in [-0.15, -0.1) is 0 Å². The zero-order chi connectivity index (χ0) is 15.8. The van der Waals surface area contributed by atoms with Crippen LogP contribution >= 0.6 is 11.6 Å². The van der Waals surface area contributed by atoms with Crippen LogP contribution in [0.4, 0.5) is 0 Å². The molecule has 0 spiro atoms. The molecule has 21 heavy (non-hydrogen) atoms. The van der Waals surface area contributed by atoms with Crippen LogP contribution in [0.5, 0.6) is 5.75 Å². The van der Waals surface area contributed by atoms with Gasteiger partial charge in [-0.2, -0.15) is 0 Å². The molecule has 1 aromatic rings. The minimum atomic E-state index is -0.470. The summed E-state index contributed by atoms with van der Waals surface area (Å²) in [6.07, 6.45) is 3.67. The van der Waals surface area contributed by atoms with Gasteiger partial charge in [0.25, 0.3) is 0 Å². The molecule has 0 amide bonds. The van der Waals surface area contributed by atoms with Gasteiger partial charge in [0, 0.05) is 23.0 Å². The second-order valence-corrected chi connectivity index (χ2v) is 5.99. The van der Waals surface area contributed by atoms with E-state index in [0.717, 1.165) is 37.0 Å². The predicted octanol–water partition coefficient (Wildman–Crippen LogP) is 3.97. The predicted molar refractivity (Wildman–Crippen MR) is 89.1 cm³/mol. The zero-order valence-electron chi connectivity index (χ0n) is 13.3. The Morgan fingerprint density at radius 2 is 1.86 bits per heavy atom. The fourth-order valence-electron chi connectivity index (χ4n) is 3.00. The monoisotopic (exact) mass is 313 g/mol. The second-order valence-electron chi connectivity index (χ2n) is 5.56. The Balaban J connectivity index is 3.07. The van der Waals surface area contributed by atoms with Gasteiger partial charge in [0.15, 0.2) is 0 Å². The lowest BCUT2D eigenvalue weighted by molar-refractivity contribution is 0.0714. The number of hydrogen-bond donors (Lipinski definition) is 2. The molecule has 0 heterocycles. The van der Waals surface area contributed by atoms with Crippen LogP contribution in [-0.2, 0) is 0 Å². The number of methoxy groups -OCH3 is 1. The topological polar surface area (TPSA) is 55.5 Å². The molecule has 3 nitrogen and oxygen atoms in total. The van der Waals surface area contributed by atoms with Crippen molar-refractivity contribution in [1.82, 2.24) is 0 Å². The lowest BCUT2D eigenvalue weighted by Gasteiger charge is -2.30. The number of aliphatic hydroxyl groups is 1. The van der Waals surface area contributed by atoms with Crippen molar-refractivity contribution in [2.24, 2.45) is 11.7 Å². The Hall–Kier alpha value is -0.770. The van der Waals surface area contributed by atoms with Crippen LogP contribution < -0.4 is 10.5 Å². The van der Waals surface area contributed by atoms with Gasteiger partial charge >= 0.3 is 0 Å². The fourth-order valence-corrected chi connectivity index (χ4v) is 3.18. The molecule has 120 valence electrons. The molecule has 0 aliphatic rings. The Labute approximate surface area is 133 Å². The standard InChI is InChI=1S/C17H28ClNO2/c1-4-6-12(7-5-2)17(20)15(11-19)14-10-13(18)8-9-16(14)21-3/h8-10,12,15,17,20H,4-7,11,19H2,1-3H3. The first-order chi connectivity index (χ1) is 10.1. The third kappa shape index (κ3) is 4.87. The molecule has 0 fully saturated rings. The first-order valence-electron chi connectivity index (χ1n) is 7.80. The Morgan fingerprint density at radius 1 is 1.24 bits per heavy atom. The van der Waals surface area contributed by atoms with E-state index in [1.54, 1.807) is 13.2 Å². The first kappa shape index (κ1) is 18.3. The molecule has 0 bridgehead atoms. The van der Waals surface area contributed by atoms with Crippen LogP contribution in [0.2, 0.25) is 5.02 Å². The summed E-state index contributed by atoms with van der Waals surface area (Å²) in [7, 11) is 1.63. The Kier molecular flexibility index (Phi) is 8.09. The van der Waals surface area contributed by atoms with Gasteiger partial charge in [-0.1, -0.05) is 38.3 Å². The number of benzene rings is 1. The average Bonchev–Trinajstić information content (AvgIpc) is 2.48. The second kappa shape index (κ2) is 9.29. The van der Waals surface area contributed by atoms with E-state index in [0.29, 0.717) is 11.6 Å². The van der Waals surface area contributed by atoms with Gasteiger partial charge in [-0.3, -0.25) is 0 Å². The van der Waals surface area contributed by atoms with Crippen LogP contribution in [0.3, 0.4) is 0 Å². The van der Waals surface area contributed by atoms with E-state index < -0.39 is 6.10 Å².